The van der Waals surface area contributed by atoms with E-state index in [0.717, 1.165) is 25.0 Å². The van der Waals surface area contributed by atoms with Crippen molar-refractivity contribution >= 4 is 0 Å². The Morgan fingerprint density at radius 1 is 1.24 bits per heavy atom. The van der Waals surface area contributed by atoms with E-state index in [1.165, 1.54) is 12.1 Å². The molecule has 0 amide bonds. The van der Waals surface area contributed by atoms with Crippen LogP contribution in [0.4, 0.5) is 13.2 Å². The normalized spacial score (nSPS) is 20.1. The van der Waals surface area contributed by atoms with Crippen molar-refractivity contribution in [2.24, 2.45) is 11.7 Å². The molecule has 1 aromatic rings. The smallest absolute Gasteiger partial charge is 0.384 e. The lowest BCUT2D eigenvalue weighted by atomic mass is 9.88. The van der Waals surface area contributed by atoms with Crippen LogP contribution in [0.25, 0.3) is 0 Å². The van der Waals surface area contributed by atoms with Gasteiger partial charge in [-0.3, -0.25) is 0 Å². The molecule has 1 saturated carbocycles. The second kappa shape index (κ2) is 3.99. The SMILES string of the molecule is NCC(O)(c1cccc(C(F)(F)F)c1)C1CC1. The maximum absolute atomic E-state index is 12.6. The van der Waals surface area contributed by atoms with Crippen molar-refractivity contribution in [1.29, 1.82) is 0 Å². The standard InChI is InChI=1S/C12H14F3NO/c13-12(14,15)10-3-1-2-9(6-10)11(17,7-16)8-4-5-8/h1-3,6,8,17H,4-5,7,16H2. The minimum atomic E-state index is -4.39. The predicted octanol–water partition coefficient (Wildman–Crippen LogP) is 2.26. The van der Waals surface area contributed by atoms with Crippen LogP contribution in [0.15, 0.2) is 24.3 Å². The molecule has 1 atom stereocenters. The van der Waals surface area contributed by atoms with Gasteiger partial charge in [0.15, 0.2) is 0 Å². The molecule has 1 aliphatic rings. The maximum Gasteiger partial charge on any atom is 0.416 e. The van der Waals surface area contributed by atoms with Crippen LogP contribution in [-0.4, -0.2) is 11.7 Å². The van der Waals surface area contributed by atoms with Crippen LogP contribution in [-0.2, 0) is 11.8 Å². The number of hydrogen-bond acceptors (Lipinski definition) is 2. The maximum atomic E-state index is 12.6. The molecule has 0 heterocycles. The monoisotopic (exact) mass is 245 g/mol. The number of alkyl halides is 3. The second-order valence-corrected chi connectivity index (χ2v) is 4.48. The average Bonchev–Trinajstić information content (AvgIpc) is 3.11. The first kappa shape index (κ1) is 12.4. The topological polar surface area (TPSA) is 46.2 Å². The highest BCUT2D eigenvalue weighted by molar-refractivity contribution is 5.31. The molecule has 1 unspecified atom stereocenters. The molecule has 3 N–H and O–H groups in total. The molecule has 0 radical (unpaired) electrons. The summed E-state index contributed by atoms with van der Waals surface area (Å²) >= 11 is 0. The number of rotatable bonds is 3. The largest absolute Gasteiger partial charge is 0.416 e. The van der Waals surface area contributed by atoms with E-state index >= 15 is 0 Å². The summed E-state index contributed by atoms with van der Waals surface area (Å²) < 4.78 is 37.7. The van der Waals surface area contributed by atoms with Gasteiger partial charge in [0.2, 0.25) is 0 Å². The molecule has 17 heavy (non-hydrogen) atoms. The van der Waals surface area contributed by atoms with Gasteiger partial charge in [-0.05, 0) is 36.5 Å². The molecular formula is C12H14F3NO. The number of aliphatic hydroxyl groups is 1. The van der Waals surface area contributed by atoms with Gasteiger partial charge < -0.3 is 10.8 Å². The lowest BCUT2D eigenvalue weighted by Crippen LogP contribution is -2.37. The fourth-order valence-corrected chi connectivity index (χ4v) is 2.05. The number of nitrogens with two attached hydrogens (primary N) is 1. The third-order valence-corrected chi connectivity index (χ3v) is 3.25. The fraction of sp³-hybridized carbons (Fsp3) is 0.500. The molecule has 2 rings (SSSR count). The van der Waals surface area contributed by atoms with Crippen molar-refractivity contribution in [3.05, 3.63) is 35.4 Å². The highest BCUT2D eigenvalue weighted by Gasteiger charge is 2.44. The quantitative estimate of drug-likeness (QED) is 0.858. The minimum absolute atomic E-state index is 0.0176. The lowest BCUT2D eigenvalue weighted by molar-refractivity contribution is -0.137. The molecule has 1 aliphatic carbocycles. The van der Waals surface area contributed by atoms with Crippen molar-refractivity contribution in [2.75, 3.05) is 6.54 Å². The molecule has 2 nitrogen and oxygen atoms in total. The van der Waals surface area contributed by atoms with Crippen LogP contribution in [0.5, 0.6) is 0 Å². The zero-order valence-electron chi connectivity index (χ0n) is 9.17. The van der Waals surface area contributed by atoms with E-state index in [1.54, 1.807) is 0 Å². The molecule has 5 heteroatoms. The highest BCUT2D eigenvalue weighted by atomic mass is 19.4. The van der Waals surface area contributed by atoms with Gasteiger partial charge >= 0.3 is 6.18 Å². The van der Waals surface area contributed by atoms with Gasteiger partial charge in [-0.25, -0.2) is 0 Å². The van der Waals surface area contributed by atoms with Gasteiger partial charge in [0.1, 0.15) is 5.60 Å². The van der Waals surface area contributed by atoms with Crippen molar-refractivity contribution in [3.63, 3.8) is 0 Å². The van der Waals surface area contributed by atoms with Crippen molar-refractivity contribution in [3.8, 4) is 0 Å². The van der Waals surface area contributed by atoms with E-state index in [0.29, 0.717) is 0 Å². The molecule has 0 bridgehead atoms. The van der Waals surface area contributed by atoms with E-state index in [2.05, 4.69) is 0 Å². The van der Waals surface area contributed by atoms with Gasteiger partial charge in [-0.1, -0.05) is 12.1 Å². The second-order valence-electron chi connectivity index (χ2n) is 4.48. The third-order valence-electron chi connectivity index (χ3n) is 3.25. The highest BCUT2D eigenvalue weighted by Crippen LogP contribution is 2.45. The van der Waals surface area contributed by atoms with Crippen LogP contribution in [0, 0.1) is 5.92 Å². The number of halogens is 3. The van der Waals surface area contributed by atoms with Gasteiger partial charge in [0.25, 0.3) is 0 Å². The summed E-state index contributed by atoms with van der Waals surface area (Å²) in [6.45, 7) is -0.0566. The van der Waals surface area contributed by atoms with E-state index in [9.17, 15) is 18.3 Å². The lowest BCUT2D eigenvalue weighted by Gasteiger charge is -2.27. The Morgan fingerprint density at radius 2 is 1.82 bits per heavy atom. The Morgan fingerprint density at radius 3 is 2.29 bits per heavy atom. The Hall–Kier alpha value is -1.07. The summed E-state index contributed by atoms with van der Waals surface area (Å²) in [4.78, 5) is 0. The molecule has 0 saturated heterocycles. The molecular weight excluding hydrogens is 231 g/mol. The molecule has 94 valence electrons. The zero-order valence-corrected chi connectivity index (χ0v) is 9.17. The minimum Gasteiger partial charge on any atom is -0.384 e. The third kappa shape index (κ3) is 2.30. The van der Waals surface area contributed by atoms with Gasteiger partial charge in [0.05, 0.1) is 5.56 Å². The molecule has 1 aromatic carbocycles. The Kier molecular flexibility index (Phi) is 2.91. The van der Waals surface area contributed by atoms with Crippen LogP contribution in [0.1, 0.15) is 24.0 Å². The van der Waals surface area contributed by atoms with Crippen LogP contribution in [0.2, 0.25) is 0 Å². The van der Waals surface area contributed by atoms with Crippen molar-refractivity contribution in [2.45, 2.75) is 24.6 Å². The Bertz CT molecular complexity index is 414. The Labute approximate surface area is 97.2 Å². The molecule has 0 aromatic heterocycles. The Balaban J connectivity index is 2.38. The van der Waals surface area contributed by atoms with E-state index in [4.69, 9.17) is 5.73 Å². The average molecular weight is 245 g/mol. The van der Waals surface area contributed by atoms with E-state index < -0.39 is 17.3 Å². The zero-order chi connectivity index (χ0) is 12.7. The van der Waals surface area contributed by atoms with Crippen molar-refractivity contribution < 1.29 is 18.3 Å². The number of benzene rings is 1. The van der Waals surface area contributed by atoms with Crippen molar-refractivity contribution in [1.82, 2.24) is 0 Å². The summed E-state index contributed by atoms with van der Waals surface area (Å²) in [5.74, 6) is -0.0176. The molecule has 0 spiro atoms. The summed E-state index contributed by atoms with van der Waals surface area (Å²) in [5.41, 5.74) is 3.70. The fourth-order valence-electron chi connectivity index (χ4n) is 2.05. The summed E-state index contributed by atoms with van der Waals surface area (Å²) in [7, 11) is 0. The van der Waals surface area contributed by atoms with Crippen LogP contribution >= 0.6 is 0 Å². The van der Waals surface area contributed by atoms with Crippen LogP contribution in [0.3, 0.4) is 0 Å². The van der Waals surface area contributed by atoms with E-state index in [1.807, 2.05) is 0 Å². The summed E-state index contributed by atoms with van der Waals surface area (Å²) in [6, 6.07) is 4.79. The summed E-state index contributed by atoms with van der Waals surface area (Å²) in [6.07, 6.45) is -2.77. The first-order valence-electron chi connectivity index (χ1n) is 5.48. The van der Waals surface area contributed by atoms with Gasteiger partial charge in [-0.2, -0.15) is 13.2 Å². The first-order chi connectivity index (χ1) is 7.88. The predicted molar refractivity (Wildman–Crippen MR) is 57.1 cm³/mol. The first-order valence-corrected chi connectivity index (χ1v) is 5.48. The van der Waals surface area contributed by atoms with Crippen LogP contribution < -0.4 is 5.73 Å². The molecule has 0 aliphatic heterocycles. The summed E-state index contributed by atoms with van der Waals surface area (Å²) in [5, 5.41) is 10.3. The molecule has 1 fully saturated rings. The number of hydrogen-bond donors (Lipinski definition) is 2. The van der Waals surface area contributed by atoms with E-state index in [-0.39, 0.29) is 18.0 Å². The van der Waals surface area contributed by atoms with Gasteiger partial charge in [0, 0.05) is 6.54 Å². The van der Waals surface area contributed by atoms with Gasteiger partial charge in [-0.15, -0.1) is 0 Å².